The number of amides is 1. The highest BCUT2D eigenvalue weighted by Crippen LogP contribution is 2.17. The predicted octanol–water partition coefficient (Wildman–Crippen LogP) is 3.81. The van der Waals surface area contributed by atoms with Crippen molar-refractivity contribution in [1.29, 1.82) is 0 Å². The van der Waals surface area contributed by atoms with Crippen molar-refractivity contribution in [2.45, 2.75) is 32.7 Å². The van der Waals surface area contributed by atoms with Crippen molar-refractivity contribution in [3.8, 4) is 0 Å². The summed E-state index contributed by atoms with van der Waals surface area (Å²) < 4.78 is 0. The van der Waals surface area contributed by atoms with E-state index in [9.17, 15) is 14.7 Å². The summed E-state index contributed by atoms with van der Waals surface area (Å²) in [5.41, 5.74) is 3.90. The molecule has 0 saturated heterocycles. The van der Waals surface area contributed by atoms with E-state index in [0.29, 0.717) is 0 Å². The molecule has 0 spiro atoms. The van der Waals surface area contributed by atoms with Gasteiger partial charge in [0, 0.05) is 6.42 Å². The molecule has 0 bridgehead atoms. The number of rotatable bonds is 6. The number of carboxylic acid groups (broad SMARTS) is 1. The molecule has 138 valence electrons. The van der Waals surface area contributed by atoms with Crippen molar-refractivity contribution < 1.29 is 14.7 Å². The van der Waals surface area contributed by atoms with Crippen molar-refractivity contribution in [3.05, 3.63) is 82.9 Å². The molecule has 0 radical (unpaired) electrons. The molecule has 27 heavy (non-hydrogen) atoms. The Balaban J connectivity index is 1.72. The molecular weight excluding hydrogens is 338 g/mol. The number of fused-ring (bicyclic) bond motifs is 1. The third-order valence-electron chi connectivity index (χ3n) is 4.86. The van der Waals surface area contributed by atoms with E-state index in [-0.39, 0.29) is 18.7 Å². The van der Waals surface area contributed by atoms with Crippen molar-refractivity contribution in [2.24, 2.45) is 0 Å². The molecule has 0 aliphatic carbocycles. The maximum atomic E-state index is 12.4. The Labute approximate surface area is 158 Å². The number of aryl methyl sites for hydroxylation is 2. The maximum absolute atomic E-state index is 12.4. The topological polar surface area (TPSA) is 66.4 Å². The standard InChI is InChI=1S/C23H23NO3/c1-15-6-5-7-16(2)20(15)14-21(23(26)27)24-22(25)13-17-10-11-18-8-3-4-9-19(18)12-17/h3-12,21H,13-14H2,1-2H3,(H,24,25)(H,26,27)/t21-/m0/s1. The van der Waals surface area contributed by atoms with Gasteiger partial charge in [-0.2, -0.15) is 0 Å². The number of carboxylic acids is 1. The lowest BCUT2D eigenvalue weighted by molar-refractivity contribution is -0.141. The van der Waals surface area contributed by atoms with Crippen LogP contribution in [0.4, 0.5) is 0 Å². The highest BCUT2D eigenvalue weighted by atomic mass is 16.4. The predicted molar refractivity (Wildman–Crippen MR) is 107 cm³/mol. The van der Waals surface area contributed by atoms with Gasteiger partial charge in [-0.3, -0.25) is 4.79 Å². The summed E-state index contributed by atoms with van der Waals surface area (Å²) in [7, 11) is 0. The summed E-state index contributed by atoms with van der Waals surface area (Å²) >= 11 is 0. The molecule has 0 aliphatic heterocycles. The highest BCUT2D eigenvalue weighted by molar-refractivity contribution is 5.87. The lowest BCUT2D eigenvalue weighted by atomic mass is 9.96. The summed E-state index contributed by atoms with van der Waals surface area (Å²) in [4.78, 5) is 24.1. The van der Waals surface area contributed by atoms with E-state index in [2.05, 4.69) is 5.32 Å². The molecule has 3 rings (SSSR count). The third-order valence-corrected chi connectivity index (χ3v) is 4.86. The lowest BCUT2D eigenvalue weighted by Crippen LogP contribution is -2.43. The first-order chi connectivity index (χ1) is 12.9. The average molecular weight is 361 g/mol. The van der Waals surface area contributed by atoms with Crippen LogP contribution in [0.2, 0.25) is 0 Å². The second-order valence-electron chi connectivity index (χ2n) is 6.89. The second-order valence-corrected chi connectivity index (χ2v) is 6.89. The average Bonchev–Trinajstić information content (AvgIpc) is 2.63. The molecule has 0 unspecified atom stereocenters. The first kappa shape index (κ1) is 18.6. The molecule has 4 heteroatoms. The van der Waals surface area contributed by atoms with Gasteiger partial charge in [0.05, 0.1) is 6.42 Å². The monoisotopic (exact) mass is 361 g/mol. The van der Waals surface area contributed by atoms with Crippen LogP contribution in [0.25, 0.3) is 10.8 Å². The zero-order valence-electron chi connectivity index (χ0n) is 15.5. The Hall–Kier alpha value is -3.14. The van der Waals surface area contributed by atoms with E-state index in [1.807, 2.05) is 74.5 Å². The molecule has 0 fully saturated rings. The van der Waals surface area contributed by atoms with Crippen molar-refractivity contribution >= 4 is 22.6 Å². The number of hydrogen-bond donors (Lipinski definition) is 2. The van der Waals surface area contributed by atoms with Crippen LogP contribution in [0.15, 0.2) is 60.7 Å². The van der Waals surface area contributed by atoms with Crippen LogP contribution in [0, 0.1) is 13.8 Å². The molecule has 0 heterocycles. The molecule has 1 atom stereocenters. The molecule has 2 N–H and O–H groups in total. The number of aliphatic carboxylic acids is 1. The number of nitrogens with one attached hydrogen (secondary N) is 1. The summed E-state index contributed by atoms with van der Waals surface area (Å²) in [6.45, 7) is 3.91. The Morgan fingerprint density at radius 1 is 0.926 bits per heavy atom. The fourth-order valence-electron chi connectivity index (χ4n) is 3.35. The highest BCUT2D eigenvalue weighted by Gasteiger charge is 2.22. The molecule has 0 aliphatic rings. The van der Waals surface area contributed by atoms with Gasteiger partial charge in [0.15, 0.2) is 0 Å². The van der Waals surface area contributed by atoms with Gasteiger partial charge >= 0.3 is 5.97 Å². The summed E-state index contributed by atoms with van der Waals surface area (Å²) in [5, 5.41) is 14.4. The Bertz CT molecular complexity index is 974. The third kappa shape index (κ3) is 4.53. The lowest BCUT2D eigenvalue weighted by Gasteiger charge is -2.17. The Kier molecular flexibility index (Phi) is 5.55. The van der Waals surface area contributed by atoms with E-state index in [4.69, 9.17) is 0 Å². The number of carbonyl (C=O) groups excluding carboxylic acids is 1. The zero-order chi connectivity index (χ0) is 19.4. The zero-order valence-corrected chi connectivity index (χ0v) is 15.5. The van der Waals surface area contributed by atoms with E-state index in [1.54, 1.807) is 0 Å². The van der Waals surface area contributed by atoms with E-state index < -0.39 is 12.0 Å². The summed E-state index contributed by atoms with van der Waals surface area (Å²) in [6, 6.07) is 18.7. The smallest absolute Gasteiger partial charge is 0.326 e. The molecule has 3 aromatic rings. The minimum absolute atomic E-state index is 0.154. The summed E-state index contributed by atoms with van der Waals surface area (Å²) in [5.74, 6) is -1.31. The first-order valence-electron chi connectivity index (χ1n) is 8.99. The fraction of sp³-hybridized carbons (Fsp3) is 0.217. The van der Waals surface area contributed by atoms with Crippen LogP contribution < -0.4 is 5.32 Å². The van der Waals surface area contributed by atoms with Gasteiger partial charge in [-0.15, -0.1) is 0 Å². The van der Waals surface area contributed by atoms with Crippen LogP contribution in [-0.2, 0) is 22.4 Å². The number of benzene rings is 3. The maximum Gasteiger partial charge on any atom is 0.326 e. The molecule has 0 aromatic heterocycles. The molecule has 1 amide bonds. The van der Waals surface area contributed by atoms with Crippen LogP contribution in [0.5, 0.6) is 0 Å². The van der Waals surface area contributed by atoms with E-state index in [0.717, 1.165) is 33.0 Å². The number of carbonyl (C=O) groups is 2. The van der Waals surface area contributed by atoms with Crippen LogP contribution in [0.1, 0.15) is 22.3 Å². The quantitative estimate of drug-likeness (QED) is 0.702. The van der Waals surface area contributed by atoms with Gasteiger partial charge in [0.25, 0.3) is 0 Å². The molecule has 4 nitrogen and oxygen atoms in total. The Morgan fingerprint density at radius 3 is 2.26 bits per heavy atom. The van der Waals surface area contributed by atoms with Crippen LogP contribution >= 0.6 is 0 Å². The molecule has 3 aromatic carbocycles. The van der Waals surface area contributed by atoms with Gasteiger partial charge in [0.1, 0.15) is 6.04 Å². The van der Waals surface area contributed by atoms with E-state index in [1.165, 1.54) is 0 Å². The largest absolute Gasteiger partial charge is 0.480 e. The Morgan fingerprint density at radius 2 is 1.59 bits per heavy atom. The fourth-order valence-corrected chi connectivity index (χ4v) is 3.35. The minimum atomic E-state index is -1.02. The minimum Gasteiger partial charge on any atom is -0.480 e. The second kappa shape index (κ2) is 8.04. The SMILES string of the molecule is Cc1cccc(C)c1C[C@H](NC(=O)Cc1ccc2ccccc2c1)C(=O)O. The van der Waals surface area contributed by atoms with Crippen molar-refractivity contribution in [2.75, 3.05) is 0 Å². The molecule has 0 saturated carbocycles. The van der Waals surface area contributed by atoms with Crippen molar-refractivity contribution in [3.63, 3.8) is 0 Å². The van der Waals surface area contributed by atoms with Gasteiger partial charge in [0.2, 0.25) is 5.91 Å². The van der Waals surface area contributed by atoms with Gasteiger partial charge in [-0.1, -0.05) is 60.7 Å². The normalized spacial score (nSPS) is 11.9. The van der Waals surface area contributed by atoms with Gasteiger partial charge < -0.3 is 10.4 Å². The molecular formula is C23H23NO3. The van der Waals surface area contributed by atoms with E-state index >= 15 is 0 Å². The summed E-state index contributed by atoms with van der Waals surface area (Å²) in [6.07, 6.45) is 0.429. The van der Waals surface area contributed by atoms with Crippen LogP contribution in [0.3, 0.4) is 0 Å². The van der Waals surface area contributed by atoms with Crippen molar-refractivity contribution in [1.82, 2.24) is 5.32 Å². The van der Waals surface area contributed by atoms with Gasteiger partial charge in [-0.25, -0.2) is 4.79 Å². The van der Waals surface area contributed by atoms with Crippen LogP contribution in [-0.4, -0.2) is 23.0 Å². The number of hydrogen-bond acceptors (Lipinski definition) is 2. The van der Waals surface area contributed by atoms with Gasteiger partial charge in [-0.05, 0) is 46.9 Å². The first-order valence-corrected chi connectivity index (χ1v) is 8.99.